The van der Waals surface area contributed by atoms with Crippen LogP contribution in [0.5, 0.6) is 0 Å². The Balaban J connectivity index is 1.61. The zero-order chi connectivity index (χ0) is 17.0. The van der Waals surface area contributed by atoms with Crippen LogP contribution in [0.25, 0.3) is 27.5 Å². The molecule has 2 aromatic heterocycles. The van der Waals surface area contributed by atoms with E-state index in [0.717, 1.165) is 45.5 Å². The summed E-state index contributed by atoms with van der Waals surface area (Å²) in [5.74, 6) is 0. The van der Waals surface area contributed by atoms with Crippen LogP contribution in [0.3, 0.4) is 0 Å². The van der Waals surface area contributed by atoms with Crippen molar-refractivity contribution < 1.29 is 0 Å². The van der Waals surface area contributed by atoms with Gasteiger partial charge in [0.2, 0.25) is 0 Å². The minimum atomic E-state index is 0.799. The van der Waals surface area contributed by atoms with Gasteiger partial charge in [-0.15, -0.1) is 11.3 Å². The summed E-state index contributed by atoms with van der Waals surface area (Å²) in [6, 6.07) is 12.7. The van der Waals surface area contributed by atoms with E-state index in [1.165, 1.54) is 16.8 Å². The summed E-state index contributed by atoms with van der Waals surface area (Å²) in [4.78, 5) is 5.84. The van der Waals surface area contributed by atoms with Crippen LogP contribution < -0.4 is 5.32 Å². The number of thiazole rings is 1. The van der Waals surface area contributed by atoms with Crippen molar-refractivity contribution in [2.45, 2.75) is 13.3 Å². The van der Waals surface area contributed by atoms with Gasteiger partial charge in [-0.2, -0.15) is 0 Å². The van der Waals surface area contributed by atoms with E-state index >= 15 is 0 Å². The van der Waals surface area contributed by atoms with Gasteiger partial charge in [-0.3, -0.25) is 4.40 Å². The van der Waals surface area contributed by atoms with Crippen LogP contribution in [0.2, 0.25) is 5.02 Å². The van der Waals surface area contributed by atoms with E-state index in [9.17, 15) is 0 Å². The molecule has 0 fully saturated rings. The Morgan fingerprint density at radius 3 is 2.92 bits per heavy atom. The van der Waals surface area contributed by atoms with Crippen molar-refractivity contribution in [3.05, 3.63) is 64.1 Å². The quantitative estimate of drug-likeness (QED) is 0.496. The number of aromatic nitrogens is 2. The summed E-state index contributed by atoms with van der Waals surface area (Å²) in [6.45, 7) is 3.06. The highest BCUT2D eigenvalue weighted by Gasteiger charge is 2.15. The first-order chi connectivity index (χ1) is 12.2. The van der Waals surface area contributed by atoms with E-state index < -0.39 is 0 Å². The van der Waals surface area contributed by atoms with Crippen molar-refractivity contribution in [2.75, 3.05) is 11.9 Å². The fourth-order valence-corrected chi connectivity index (χ4v) is 4.40. The van der Waals surface area contributed by atoms with Gasteiger partial charge < -0.3 is 5.32 Å². The monoisotopic (exact) mass is 365 g/mol. The summed E-state index contributed by atoms with van der Waals surface area (Å²) >= 11 is 7.84. The Bertz CT molecular complexity index is 1110. The second-order valence-corrected chi connectivity index (χ2v) is 7.66. The van der Waals surface area contributed by atoms with Crippen LogP contribution in [0.4, 0.5) is 5.69 Å². The lowest BCUT2D eigenvalue weighted by Gasteiger charge is -2.04. The van der Waals surface area contributed by atoms with E-state index in [-0.39, 0.29) is 0 Å². The summed E-state index contributed by atoms with van der Waals surface area (Å²) in [5, 5.41) is 6.36. The zero-order valence-electron chi connectivity index (χ0n) is 13.7. The van der Waals surface area contributed by atoms with Crippen molar-refractivity contribution in [2.24, 2.45) is 0 Å². The van der Waals surface area contributed by atoms with Crippen molar-refractivity contribution >= 4 is 33.6 Å². The van der Waals surface area contributed by atoms with Gasteiger partial charge in [0, 0.05) is 34.4 Å². The minimum Gasteiger partial charge on any atom is -0.384 e. The number of aryl methyl sites for hydroxylation is 1. The topological polar surface area (TPSA) is 29.3 Å². The molecule has 0 spiro atoms. The summed E-state index contributed by atoms with van der Waals surface area (Å²) in [7, 11) is 0. The molecule has 1 N–H and O–H groups in total. The first-order valence-corrected chi connectivity index (χ1v) is 9.55. The maximum absolute atomic E-state index is 6.17. The van der Waals surface area contributed by atoms with Crippen LogP contribution in [0, 0.1) is 6.92 Å². The molecule has 0 saturated heterocycles. The molecule has 3 heterocycles. The average molecular weight is 366 g/mol. The molecule has 5 heteroatoms. The van der Waals surface area contributed by atoms with E-state index in [2.05, 4.69) is 51.6 Å². The van der Waals surface area contributed by atoms with Gasteiger partial charge in [0.1, 0.15) is 0 Å². The van der Waals surface area contributed by atoms with Crippen molar-refractivity contribution in [3.63, 3.8) is 0 Å². The first kappa shape index (κ1) is 15.0. The molecule has 0 amide bonds. The predicted octanol–water partition coefficient (Wildman–Crippen LogP) is 5.66. The lowest BCUT2D eigenvalue weighted by atomic mass is 10.1. The third kappa shape index (κ3) is 2.44. The van der Waals surface area contributed by atoms with Gasteiger partial charge in [0.05, 0.1) is 11.4 Å². The fourth-order valence-electron chi connectivity index (χ4n) is 3.40. The molecule has 0 aliphatic carbocycles. The Morgan fingerprint density at radius 2 is 2.04 bits per heavy atom. The number of imidazole rings is 1. The average Bonchev–Trinajstić information content (AvgIpc) is 3.31. The van der Waals surface area contributed by atoms with E-state index in [4.69, 9.17) is 16.6 Å². The lowest BCUT2D eigenvalue weighted by molar-refractivity contribution is 1.11. The van der Waals surface area contributed by atoms with Crippen molar-refractivity contribution in [3.8, 4) is 22.5 Å². The smallest absolute Gasteiger partial charge is 0.194 e. The maximum atomic E-state index is 6.17. The van der Waals surface area contributed by atoms with Crippen molar-refractivity contribution in [1.29, 1.82) is 0 Å². The van der Waals surface area contributed by atoms with E-state index in [1.54, 1.807) is 11.3 Å². The van der Waals surface area contributed by atoms with Gasteiger partial charge in [0.25, 0.3) is 0 Å². The Kier molecular flexibility index (Phi) is 3.37. The highest BCUT2D eigenvalue weighted by Crippen LogP contribution is 2.33. The number of nitrogens with zero attached hydrogens (tertiary/aromatic N) is 2. The van der Waals surface area contributed by atoms with Gasteiger partial charge in [-0.1, -0.05) is 23.7 Å². The molecule has 1 aliphatic rings. The number of rotatable bonds is 2. The van der Waals surface area contributed by atoms with Crippen LogP contribution >= 0.6 is 22.9 Å². The Morgan fingerprint density at radius 1 is 1.16 bits per heavy atom. The third-order valence-corrected chi connectivity index (χ3v) is 6.04. The molecule has 2 aromatic carbocycles. The van der Waals surface area contributed by atoms with Crippen LogP contribution in [0.1, 0.15) is 11.1 Å². The highest BCUT2D eigenvalue weighted by atomic mass is 35.5. The largest absolute Gasteiger partial charge is 0.384 e. The summed E-state index contributed by atoms with van der Waals surface area (Å²) in [5.41, 5.74) is 8.23. The molecule has 25 heavy (non-hydrogen) atoms. The second-order valence-electron chi connectivity index (χ2n) is 6.41. The fraction of sp³-hybridized carbons (Fsp3) is 0.150. The standard InChI is InChI=1S/C20H16ClN3S/c1-12-8-15(2-4-16(12)21)19-11-25-20-23-18(10-24(19)20)13-3-5-17-14(9-13)6-7-22-17/h2-5,8-11,22H,6-7H2,1H3. The molecule has 5 rings (SSSR count). The normalized spacial score (nSPS) is 13.2. The van der Waals surface area contributed by atoms with Gasteiger partial charge in [-0.25, -0.2) is 4.98 Å². The molecule has 0 unspecified atom stereocenters. The lowest BCUT2D eigenvalue weighted by Crippen LogP contribution is -1.90. The zero-order valence-corrected chi connectivity index (χ0v) is 15.3. The van der Waals surface area contributed by atoms with Crippen LogP contribution in [-0.2, 0) is 6.42 Å². The number of nitrogens with one attached hydrogen (secondary N) is 1. The predicted molar refractivity (Wildman–Crippen MR) is 106 cm³/mol. The molecule has 0 saturated carbocycles. The Hall–Kier alpha value is -2.30. The summed E-state index contributed by atoms with van der Waals surface area (Å²) < 4.78 is 2.17. The van der Waals surface area contributed by atoms with Gasteiger partial charge in [0.15, 0.2) is 4.96 Å². The van der Waals surface area contributed by atoms with Crippen LogP contribution in [-0.4, -0.2) is 15.9 Å². The molecular weight excluding hydrogens is 350 g/mol. The number of anilines is 1. The number of fused-ring (bicyclic) bond motifs is 2. The third-order valence-electron chi connectivity index (χ3n) is 4.77. The maximum Gasteiger partial charge on any atom is 0.194 e. The molecule has 1 aliphatic heterocycles. The molecule has 0 radical (unpaired) electrons. The van der Waals surface area contributed by atoms with E-state index in [0.29, 0.717) is 0 Å². The highest BCUT2D eigenvalue weighted by molar-refractivity contribution is 7.15. The summed E-state index contributed by atoms with van der Waals surface area (Å²) in [6.07, 6.45) is 3.22. The first-order valence-electron chi connectivity index (χ1n) is 8.29. The molecule has 0 bridgehead atoms. The number of benzene rings is 2. The Labute approximate surface area is 154 Å². The number of halogens is 1. The molecular formula is C20H16ClN3S. The second kappa shape index (κ2) is 5.61. The molecule has 124 valence electrons. The molecule has 4 aromatic rings. The van der Waals surface area contributed by atoms with Gasteiger partial charge >= 0.3 is 0 Å². The SMILES string of the molecule is Cc1cc(-c2csc3nc(-c4ccc5c(c4)CCN5)cn23)ccc1Cl. The van der Waals surface area contributed by atoms with Gasteiger partial charge in [-0.05, 0) is 54.3 Å². The van der Waals surface area contributed by atoms with Crippen molar-refractivity contribution in [1.82, 2.24) is 9.38 Å². The minimum absolute atomic E-state index is 0.799. The molecule has 0 atom stereocenters. The van der Waals surface area contributed by atoms with Crippen LogP contribution in [0.15, 0.2) is 48.0 Å². The molecule has 3 nitrogen and oxygen atoms in total. The van der Waals surface area contributed by atoms with E-state index in [1.807, 2.05) is 13.0 Å². The number of hydrogen-bond acceptors (Lipinski definition) is 3. The number of hydrogen-bond donors (Lipinski definition) is 1.